The molecule has 1 rings (SSSR count). The maximum absolute atomic E-state index is 11.0. The second kappa shape index (κ2) is 2.98. The van der Waals surface area contributed by atoms with Crippen molar-refractivity contribution >= 4 is 10.0 Å². The molecule has 0 aromatic carbocycles. The Morgan fingerprint density at radius 2 is 2.18 bits per heavy atom. The van der Waals surface area contributed by atoms with E-state index >= 15 is 0 Å². The molecule has 0 bridgehead atoms. The molecule has 11 heavy (non-hydrogen) atoms. The molecule has 0 spiro atoms. The smallest absolute Gasteiger partial charge is 0.243 e. The molecule has 1 aromatic heterocycles. The Morgan fingerprint density at radius 1 is 1.45 bits per heavy atom. The molecule has 0 aliphatic carbocycles. The number of nitrogens with zero attached hydrogens (tertiary/aromatic N) is 1. The summed E-state index contributed by atoms with van der Waals surface area (Å²) < 4.78 is 23.8. The number of sulfonamides is 1. The number of rotatable bonds is 2. The standard InChI is InChI=1S/C6H7N2O2S/c1-7-11(9,10)6-4-2-3-5-8-6/h2-5,7H,1H2. The van der Waals surface area contributed by atoms with Gasteiger partial charge in [-0.25, -0.2) is 18.1 Å². The van der Waals surface area contributed by atoms with Crippen LogP contribution in [0.2, 0.25) is 0 Å². The number of aromatic nitrogens is 1. The fourth-order valence-corrected chi connectivity index (χ4v) is 1.19. The van der Waals surface area contributed by atoms with Gasteiger partial charge in [0.25, 0.3) is 10.0 Å². The SMILES string of the molecule is [CH2]NS(=O)(=O)c1ccccn1. The van der Waals surface area contributed by atoms with E-state index in [2.05, 4.69) is 12.0 Å². The van der Waals surface area contributed by atoms with Crippen LogP contribution in [-0.4, -0.2) is 13.4 Å². The average molecular weight is 171 g/mol. The zero-order valence-electron chi connectivity index (χ0n) is 5.69. The second-order valence-corrected chi connectivity index (χ2v) is 3.53. The van der Waals surface area contributed by atoms with E-state index in [4.69, 9.17) is 0 Å². The molecule has 0 saturated heterocycles. The first-order valence-electron chi connectivity index (χ1n) is 2.87. The third-order valence-electron chi connectivity index (χ3n) is 1.10. The van der Waals surface area contributed by atoms with Gasteiger partial charge in [-0.2, -0.15) is 0 Å². The quantitative estimate of drug-likeness (QED) is 0.689. The van der Waals surface area contributed by atoms with Gasteiger partial charge >= 0.3 is 0 Å². The van der Waals surface area contributed by atoms with E-state index < -0.39 is 10.0 Å². The number of hydrogen-bond acceptors (Lipinski definition) is 3. The van der Waals surface area contributed by atoms with E-state index in [9.17, 15) is 8.42 Å². The Bertz CT molecular complexity index is 320. The molecular formula is C6H7N2O2S. The van der Waals surface area contributed by atoms with Gasteiger partial charge in [0.05, 0.1) is 0 Å². The van der Waals surface area contributed by atoms with Crippen LogP contribution in [0.25, 0.3) is 0 Å². The van der Waals surface area contributed by atoms with Crippen molar-refractivity contribution in [3.63, 3.8) is 0 Å². The largest absolute Gasteiger partial charge is 0.258 e. The van der Waals surface area contributed by atoms with E-state index in [1.807, 2.05) is 4.72 Å². The molecule has 5 heteroatoms. The van der Waals surface area contributed by atoms with Crippen molar-refractivity contribution in [2.45, 2.75) is 5.03 Å². The van der Waals surface area contributed by atoms with Gasteiger partial charge in [0.2, 0.25) is 0 Å². The summed E-state index contributed by atoms with van der Waals surface area (Å²) in [7, 11) is -0.415. The van der Waals surface area contributed by atoms with Crippen LogP contribution in [0.5, 0.6) is 0 Å². The molecule has 0 aliphatic heterocycles. The average Bonchev–Trinajstić information content (AvgIpc) is 2.06. The first kappa shape index (κ1) is 8.16. The van der Waals surface area contributed by atoms with Crippen molar-refractivity contribution in [2.75, 3.05) is 0 Å². The highest BCUT2D eigenvalue weighted by Gasteiger charge is 2.10. The van der Waals surface area contributed by atoms with Crippen LogP contribution >= 0.6 is 0 Å². The van der Waals surface area contributed by atoms with Gasteiger partial charge in [-0.05, 0) is 12.1 Å². The fourth-order valence-electron chi connectivity index (χ4n) is 0.580. The van der Waals surface area contributed by atoms with Crippen molar-refractivity contribution in [3.05, 3.63) is 31.4 Å². The predicted octanol–water partition coefficient (Wildman–Crippen LogP) is 0.151. The second-order valence-electron chi connectivity index (χ2n) is 1.82. The van der Waals surface area contributed by atoms with E-state index in [0.717, 1.165) is 0 Å². The predicted molar refractivity (Wildman–Crippen MR) is 39.9 cm³/mol. The summed E-state index contributed by atoms with van der Waals surface area (Å²) in [6.45, 7) is 0. The molecule has 1 N–H and O–H groups in total. The first-order chi connectivity index (χ1) is 5.17. The topological polar surface area (TPSA) is 59.1 Å². The van der Waals surface area contributed by atoms with E-state index in [0.29, 0.717) is 0 Å². The van der Waals surface area contributed by atoms with Gasteiger partial charge in [0, 0.05) is 13.2 Å². The number of hydrogen-bond donors (Lipinski definition) is 1. The summed E-state index contributed by atoms with van der Waals surface area (Å²) in [6.07, 6.45) is 1.41. The van der Waals surface area contributed by atoms with Crippen LogP contribution in [0.1, 0.15) is 0 Å². The van der Waals surface area contributed by atoms with Crippen LogP contribution in [-0.2, 0) is 10.0 Å². The number of pyridine rings is 1. The van der Waals surface area contributed by atoms with Crippen molar-refractivity contribution in [2.24, 2.45) is 0 Å². The Kier molecular flexibility index (Phi) is 2.21. The molecule has 0 fully saturated rings. The minimum Gasteiger partial charge on any atom is -0.243 e. The normalized spacial score (nSPS) is 11.4. The molecule has 0 saturated carbocycles. The van der Waals surface area contributed by atoms with E-state index in [1.165, 1.54) is 12.3 Å². The lowest BCUT2D eigenvalue weighted by atomic mass is 10.5. The number of nitrogens with one attached hydrogen (secondary N) is 1. The molecule has 0 atom stereocenters. The first-order valence-corrected chi connectivity index (χ1v) is 4.35. The van der Waals surface area contributed by atoms with Gasteiger partial charge in [0.15, 0.2) is 5.03 Å². The lowest BCUT2D eigenvalue weighted by molar-refractivity contribution is 0.586. The van der Waals surface area contributed by atoms with E-state index in [1.54, 1.807) is 12.1 Å². The van der Waals surface area contributed by atoms with Crippen molar-refractivity contribution < 1.29 is 8.42 Å². The zero-order chi connectivity index (χ0) is 8.32. The Hall–Kier alpha value is -0.940. The maximum atomic E-state index is 11.0. The Labute approximate surface area is 65.3 Å². The third-order valence-corrected chi connectivity index (χ3v) is 2.28. The van der Waals surface area contributed by atoms with Crippen LogP contribution in [0.15, 0.2) is 29.4 Å². The van der Waals surface area contributed by atoms with Crippen LogP contribution in [0, 0.1) is 7.05 Å². The molecule has 1 heterocycles. The minimum absolute atomic E-state index is 0.0185. The maximum Gasteiger partial charge on any atom is 0.258 e. The summed E-state index contributed by atoms with van der Waals surface area (Å²) in [5, 5.41) is -0.0185. The van der Waals surface area contributed by atoms with Crippen LogP contribution in [0.3, 0.4) is 0 Å². The lowest BCUT2D eigenvalue weighted by Crippen LogP contribution is -2.17. The lowest BCUT2D eigenvalue weighted by Gasteiger charge is -1.98. The van der Waals surface area contributed by atoms with Gasteiger partial charge in [-0.15, -0.1) is 0 Å². The Morgan fingerprint density at radius 3 is 2.64 bits per heavy atom. The Balaban J connectivity index is 3.14. The third kappa shape index (κ3) is 1.75. The van der Waals surface area contributed by atoms with E-state index in [-0.39, 0.29) is 5.03 Å². The molecule has 0 aliphatic rings. The molecule has 0 unspecified atom stereocenters. The van der Waals surface area contributed by atoms with Crippen molar-refractivity contribution in [1.29, 1.82) is 0 Å². The molecular weight excluding hydrogens is 164 g/mol. The highest BCUT2D eigenvalue weighted by Crippen LogP contribution is 2.01. The molecule has 0 amide bonds. The highest BCUT2D eigenvalue weighted by molar-refractivity contribution is 7.89. The van der Waals surface area contributed by atoms with Gasteiger partial charge in [0.1, 0.15) is 0 Å². The molecule has 1 radical (unpaired) electrons. The fraction of sp³-hybridized carbons (Fsp3) is 0. The molecule has 4 nitrogen and oxygen atoms in total. The van der Waals surface area contributed by atoms with Crippen molar-refractivity contribution in [3.8, 4) is 0 Å². The summed E-state index contributed by atoms with van der Waals surface area (Å²) in [6, 6.07) is 4.63. The van der Waals surface area contributed by atoms with Gasteiger partial charge < -0.3 is 0 Å². The highest BCUT2D eigenvalue weighted by atomic mass is 32.2. The minimum atomic E-state index is -3.47. The van der Waals surface area contributed by atoms with Gasteiger partial charge in [-0.3, -0.25) is 0 Å². The van der Waals surface area contributed by atoms with Crippen molar-refractivity contribution in [1.82, 2.24) is 9.71 Å². The molecule has 1 aromatic rings. The monoisotopic (exact) mass is 171 g/mol. The summed E-state index contributed by atoms with van der Waals surface area (Å²) in [5.41, 5.74) is 0. The summed E-state index contributed by atoms with van der Waals surface area (Å²) >= 11 is 0. The van der Waals surface area contributed by atoms with Crippen LogP contribution < -0.4 is 4.72 Å². The zero-order valence-corrected chi connectivity index (χ0v) is 6.50. The van der Waals surface area contributed by atoms with Crippen LogP contribution in [0.4, 0.5) is 0 Å². The molecule has 59 valence electrons. The summed E-state index contributed by atoms with van der Waals surface area (Å²) in [4.78, 5) is 3.63. The summed E-state index contributed by atoms with van der Waals surface area (Å²) in [5.74, 6) is 0. The van der Waals surface area contributed by atoms with Gasteiger partial charge in [-0.1, -0.05) is 6.07 Å².